The number of benzene rings is 2. The Bertz CT molecular complexity index is 1620. The molecule has 0 radical (unpaired) electrons. The van der Waals surface area contributed by atoms with E-state index in [1.807, 2.05) is 0 Å². The molecule has 9 nitrogen and oxygen atoms in total. The quantitative estimate of drug-likeness (QED) is 0.246. The molecular weight excluding hydrogens is 544 g/mol. The maximum Gasteiger partial charge on any atom is 0.371 e. The summed E-state index contributed by atoms with van der Waals surface area (Å²) in [4.78, 5) is 26.0. The van der Waals surface area contributed by atoms with Crippen LogP contribution < -0.4 is 4.31 Å². The molecule has 1 amide bonds. The van der Waals surface area contributed by atoms with E-state index in [9.17, 15) is 23.1 Å². The molecule has 1 aliphatic rings. The molecule has 1 N–H and O–H groups in total. The summed E-state index contributed by atoms with van der Waals surface area (Å²) in [5.41, 5.74) is 1.77. The predicted molar refractivity (Wildman–Crippen MR) is 146 cm³/mol. The molecular formula is C28H27ClN2O7S. The van der Waals surface area contributed by atoms with Crippen molar-refractivity contribution in [1.82, 2.24) is 4.90 Å². The van der Waals surface area contributed by atoms with Crippen LogP contribution in [-0.4, -0.2) is 36.8 Å². The number of carbonyl (C=O) groups is 2. The number of carboxylic acid groups (broad SMARTS) is 1. The number of nitrogens with zero attached hydrogens (tertiary/aromatic N) is 2. The minimum Gasteiger partial charge on any atom is -0.475 e. The summed E-state index contributed by atoms with van der Waals surface area (Å²) in [6.45, 7) is 2.31. The number of anilines is 1. The van der Waals surface area contributed by atoms with Gasteiger partial charge >= 0.3 is 5.97 Å². The second kappa shape index (κ2) is 10.8. The molecule has 1 fully saturated rings. The lowest BCUT2D eigenvalue weighted by molar-refractivity contribution is -0.134. The minimum atomic E-state index is -3.89. The van der Waals surface area contributed by atoms with E-state index < -0.39 is 16.0 Å². The fourth-order valence-corrected chi connectivity index (χ4v) is 6.42. The molecule has 204 valence electrons. The van der Waals surface area contributed by atoms with Gasteiger partial charge in [0.1, 0.15) is 11.3 Å². The van der Waals surface area contributed by atoms with Crippen molar-refractivity contribution < 1.29 is 31.9 Å². The topological polar surface area (TPSA) is 121 Å². The van der Waals surface area contributed by atoms with Crippen LogP contribution in [0.4, 0.5) is 5.69 Å². The van der Waals surface area contributed by atoms with Gasteiger partial charge in [-0.25, -0.2) is 13.2 Å². The Morgan fingerprint density at radius 3 is 2.54 bits per heavy atom. The van der Waals surface area contributed by atoms with Crippen LogP contribution in [0.1, 0.15) is 47.2 Å². The van der Waals surface area contributed by atoms with Crippen LogP contribution in [0.3, 0.4) is 0 Å². The van der Waals surface area contributed by atoms with E-state index in [1.165, 1.54) is 16.4 Å². The molecule has 0 aliphatic heterocycles. The molecule has 0 unspecified atom stereocenters. The van der Waals surface area contributed by atoms with Crippen LogP contribution in [0.15, 0.2) is 69.7 Å². The van der Waals surface area contributed by atoms with Crippen molar-refractivity contribution in [2.45, 2.75) is 38.6 Å². The standard InChI is InChI=1S/C28H27ClN2O7S/c1-2-31(39(35,36)17-18-5-6-20-14-26(28(33)34)38-25(20)12-18)24-10-9-22(29)13-21(24)15-30(27(32)19-7-8-19)16-23-4-3-11-37-23/h3-6,9-14,19H,2,7-8,15-17H2,1H3,(H,33,34). The Hall–Kier alpha value is -3.76. The van der Waals surface area contributed by atoms with Gasteiger partial charge in [0.25, 0.3) is 0 Å². The third-order valence-corrected chi connectivity index (χ3v) is 8.66. The zero-order valence-electron chi connectivity index (χ0n) is 21.2. The highest BCUT2D eigenvalue weighted by atomic mass is 35.5. The summed E-state index contributed by atoms with van der Waals surface area (Å²) in [6.07, 6.45) is 3.21. The normalized spacial score (nSPS) is 13.5. The Morgan fingerprint density at radius 1 is 1.08 bits per heavy atom. The highest BCUT2D eigenvalue weighted by Gasteiger charge is 2.34. The first-order valence-corrected chi connectivity index (χ1v) is 14.5. The minimum absolute atomic E-state index is 0.00397. The lowest BCUT2D eigenvalue weighted by Crippen LogP contribution is -2.35. The molecule has 4 aromatic rings. The smallest absolute Gasteiger partial charge is 0.371 e. The SMILES string of the molecule is CCN(c1ccc(Cl)cc1CN(Cc1ccco1)C(=O)C1CC1)S(=O)(=O)Cc1ccc2cc(C(=O)O)oc2c1. The molecule has 2 aromatic heterocycles. The third kappa shape index (κ3) is 5.97. The maximum absolute atomic E-state index is 13.7. The van der Waals surface area contributed by atoms with E-state index in [4.69, 9.17) is 20.4 Å². The number of rotatable bonds is 11. The van der Waals surface area contributed by atoms with Gasteiger partial charge in [-0.05, 0) is 73.4 Å². The second-order valence-electron chi connectivity index (χ2n) is 9.53. The van der Waals surface area contributed by atoms with E-state index in [2.05, 4.69) is 0 Å². The summed E-state index contributed by atoms with van der Waals surface area (Å²) in [5, 5.41) is 10.2. The molecule has 5 rings (SSSR count). The van der Waals surface area contributed by atoms with Gasteiger partial charge in [0.05, 0.1) is 24.2 Å². The lowest BCUT2D eigenvalue weighted by atomic mass is 10.1. The van der Waals surface area contributed by atoms with Crippen LogP contribution in [0.25, 0.3) is 11.0 Å². The first kappa shape index (κ1) is 26.8. The zero-order chi connectivity index (χ0) is 27.7. The van der Waals surface area contributed by atoms with Gasteiger partial charge in [0.15, 0.2) is 0 Å². The Labute approximate surface area is 230 Å². The van der Waals surface area contributed by atoms with E-state index in [-0.39, 0.29) is 43.0 Å². The van der Waals surface area contributed by atoms with Crippen molar-refractivity contribution in [3.05, 3.63) is 88.5 Å². The summed E-state index contributed by atoms with van der Waals surface area (Å²) in [6, 6.07) is 14.7. The molecule has 1 aliphatic carbocycles. The first-order valence-electron chi connectivity index (χ1n) is 12.5. The average Bonchev–Trinajstić information content (AvgIpc) is 3.43. The number of furan rings is 2. The molecule has 0 atom stereocenters. The van der Waals surface area contributed by atoms with Crippen LogP contribution in [0, 0.1) is 5.92 Å². The van der Waals surface area contributed by atoms with Gasteiger partial charge in [0.2, 0.25) is 21.7 Å². The number of carbonyl (C=O) groups excluding carboxylic acids is 1. The number of halogens is 1. The van der Waals surface area contributed by atoms with Crippen molar-refractivity contribution in [1.29, 1.82) is 0 Å². The van der Waals surface area contributed by atoms with Crippen LogP contribution in [0.2, 0.25) is 5.02 Å². The van der Waals surface area contributed by atoms with Gasteiger partial charge in [-0.2, -0.15) is 0 Å². The highest BCUT2D eigenvalue weighted by Crippen LogP contribution is 2.34. The number of amides is 1. The number of carboxylic acids is 1. The van der Waals surface area contributed by atoms with Crippen molar-refractivity contribution in [3.8, 4) is 0 Å². The summed E-state index contributed by atoms with van der Waals surface area (Å²) >= 11 is 6.33. The molecule has 0 spiro atoms. The predicted octanol–water partition coefficient (Wildman–Crippen LogP) is 5.67. The molecule has 0 bridgehead atoms. The number of sulfonamides is 1. The Balaban J connectivity index is 1.44. The van der Waals surface area contributed by atoms with Crippen molar-refractivity contribution in [2.75, 3.05) is 10.8 Å². The van der Waals surface area contributed by atoms with E-state index in [0.717, 1.165) is 12.8 Å². The molecule has 39 heavy (non-hydrogen) atoms. The van der Waals surface area contributed by atoms with Crippen LogP contribution in [-0.2, 0) is 33.7 Å². The second-order valence-corrected chi connectivity index (χ2v) is 11.9. The third-order valence-electron chi connectivity index (χ3n) is 6.60. The van der Waals surface area contributed by atoms with Gasteiger partial charge < -0.3 is 18.8 Å². The zero-order valence-corrected chi connectivity index (χ0v) is 22.7. The lowest BCUT2D eigenvalue weighted by Gasteiger charge is -2.28. The van der Waals surface area contributed by atoms with Crippen molar-refractivity contribution >= 4 is 50.2 Å². The van der Waals surface area contributed by atoms with Gasteiger partial charge in [-0.3, -0.25) is 9.10 Å². The fourth-order valence-electron chi connectivity index (χ4n) is 4.60. The fraction of sp³-hybridized carbons (Fsp3) is 0.286. The number of hydrogen-bond acceptors (Lipinski definition) is 6. The number of aromatic carboxylic acids is 1. The Kier molecular flexibility index (Phi) is 7.42. The molecule has 11 heteroatoms. The van der Waals surface area contributed by atoms with Gasteiger partial charge in [0, 0.05) is 29.4 Å². The van der Waals surface area contributed by atoms with E-state index >= 15 is 0 Å². The number of fused-ring (bicyclic) bond motifs is 1. The van der Waals surface area contributed by atoms with E-state index in [1.54, 1.807) is 60.6 Å². The summed E-state index contributed by atoms with van der Waals surface area (Å²) < 4.78 is 39.5. The van der Waals surface area contributed by atoms with Gasteiger partial charge in [-0.1, -0.05) is 23.7 Å². The molecule has 1 saturated carbocycles. The first-order chi connectivity index (χ1) is 18.6. The van der Waals surface area contributed by atoms with E-state index in [0.29, 0.717) is 38.6 Å². The summed E-state index contributed by atoms with van der Waals surface area (Å²) in [5.74, 6) is -1.16. The van der Waals surface area contributed by atoms with Crippen LogP contribution >= 0.6 is 11.6 Å². The molecule has 2 aromatic carbocycles. The summed E-state index contributed by atoms with van der Waals surface area (Å²) in [7, 11) is -3.89. The van der Waals surface area contributed by atoms with Crippen LogP contribution in [0.5, 0.6) is 0 Å². The van der Waals surface area contributed by atoms with Crippen molar-refractivity contribution in [2.24, 2.45) is 5.92 Å². The average molecular weight is 571 g/mol. The van der Waals surface area contributed by atoms with Crippen molar-refractivity contribution in [3.63, 3.8) is 0 Å². The maximum atomic E-state index is 13.7. The highest BCUT2D eigenvalue weighted by molar-refractivity contribution is 7.92. The van der Waals surface area contributed by atoms with Gasteiger partial charge in [-0.15, -0.1) is 0 Å². The Morgan fingerprint density at radius 2 is 1.87 bits per heavy atom. The molecule has 0 saturated heterocycles. The number of hydrogen-bond donors (Lipinski definition) is 1. The largest absolute Gasteiger partial charge is 0.475 e. The molecule has 2 heterocycles. The monoisotopic (exact) mass is 570 g/mol.